The average Bonchev–Trinajstić information content (AvgIpc) is 2.76. The predicted molar refractivity (Wildman–Crippen MR) is 116 cm³/mol. The normalized spacial score (nSPS) is 11.9. The third-order valence-electron chi connectivity index (χ3n) is 4.46. The van der Waals surface area contributed by atoms with Gasteiger partial charge >= 0.3 is 23.3 Å². The molecule has 0 saturated carbocycles. The Morgan fingerprint density at radius 2 is 1.45 bits per heavy atom. The molecule has 29 heavy (non-hydrogen) atoms. The number of hydrogen-bond acceptors (Lipinski definition) is 6. The van der Waals surface area contributed by atoms with Crippen LogP contribution < -0.4 is 10.4 Å². The highest BCUT2D eigenvalue weighted by Crippen LogP contribution is 2.21. The summed E-state index contributed by atoms with van der Waals surface area (Å²) in [6.45, 7) is 5.35. The highest BCUT2D eigenvalue weighted by molar-refractivity contribution is 6.96. The van der Waals surface area contributed by atoms with Crippen LogP contribution >= 0.6 is 0 Å². The number of esters is 1. The molecule has 0 aliphatic heterocycles. The molecule has 0 radical (unpaired) electrons. The second kappa shape index (κ2) is 10.6. The standard InChI is InChI=1S/C21H28O6Si2/c1-18(2)21(22)26-16-11-17-28(24-3,25-4)27-29(23,19-12-7-5-8-13-19)20-14-9-6-10-15-20/h5-10,12-15,23H,1,11,16-17H2,2-4H3. The molecule has 156 valence electrons. The SMILES string of the molecule is C=C(C)C(=O)OCCC[Si](OC)(OC)O[Si](O)(c1ccccc1)c1ccccc1. The first-order valence-corrected chi connectivity index (χ1v) is 13.1. The van der Waals surface area contributed by atoms with Crippen molar-refractivity contribution in [2.24, 2.45) is 0 Å². The Kier molecular flexibility index (Phi) is 8.51. The van der Waals surface area contributed by atoms with Crippen LogP contribution in [0.5, 0.6) is 0 Å². The van der Waals surface area contributed by atoms with Crippen molar-refractivity contribution in [3.8, 4) is 0 Å². The summed E-state index contributed by atoms with van der Waals surface area (Å²) < 4.78 is 22.9. The molecule has 0 heterocycles. The van der Waals surface area contributed by atoms with Gasteiger partial charge in [-0.3, -0.25) is 0 Å². The van der Waals surface area contributed by atoms with Crippen LogP contribution in [0.2, 0.25) is 6.04 Å². The summed E-state index contributed by atoms with van der Waals surface area (Å²) in [5, 5.41) is 1.40. The Labute approximate surface area is 174 Å². The molecule has 2 rings (SSSR count). The number of carbonyl (C=O) groups is 1. The van der Waals surface area contributed by atoms with Gasteiger partial charge in [0.2, 0.25) is 0 Å². The van der Waals surface area contributed by atoms with Gasteiger partial charge in [-0.1, -0.05) is 67.2 Å². The molecule has 0 bridgehead atoms. The summed E-state index contributed by atoms with van der Waals surface area (Å²) in [5.41, 5.74) is 0.346. The van der Waals surface area contributed by atoms with E-state index in [0.717, 1.165) is 0 Å². The number of rotatable bonds is 11. The van der Waals surface area contributed by atoms with Gasteiger partial charge in [0.05, 0.1) is 6.61 Å². The first-order chi connectivity index (χ1) is 13.9. The highest BCUT2D eigenvalue weighted by atomic mass is 28.5. The van der Waals surface area contributed by atoms with Crippen molar-refractivity contribution >= 4 is 33.7 Å². The fraction of sp³-hybridized carbons (Fsp3) is 0.286. The van der Waals surface area contributed by atoms with E-state index in [1.807, 2.05) is 60.7 Å². The van der Waals surface area contributed by atoms with E-state index in [2.05, 4.69) is 6.58 Å². The van der Waals surface area contributed by atoms with Crippen LogP contribution in [0.25, 0.3) is 0 Å². The molecule has 8 heteroatoms. The largest absolute Gasteiger partial charge is 0.492 e. The van der Waals surface area contributed by atoms with E-state index in [9.17, 15) is 9.59 Å². The molecule has 0 aliphatic rings. The zero-order chi connectivity index (χ0) is 21.3. The van der Waals surface area contributed by atoms with Gasteiger partial charge in [0.15, 0.2) is 0 Å². The van der Waals surface area contributed by atoms with E-state index in [0.29, 0.717) is 28.4 Å². The van der Waals surface area contributed by atoms with E-state index in [-0.39, 0.29) is 6.61 Å². The molecule has 0 amide bonds. The van der Waals surface area contributed by atoms with Crippen molar-refractivity contribution in [3.63, 3.8) is 0 Å². The van der Waals surface area contributed by atoms with Crippen LogP contribution in [0.15, 0.2) is 72.8 Å². The summed E-state index contributed by atoms with van der Waals surface area (Å²) >= 11 is 0. The van der Waals surface area contributed by atoms with Crippen molar-refractivity contribution in [1.29, 1.82) is 0 Å². The lowest BCUT2D eigenvalue weighted by molar-refractivity contribution is -0.139. The third kappa shape index (κ3) is 5.95. The zero-order valence-corrected chi connectivity index (χ0v) is 19.1. The summed E-state index contributed by atoms with van der Waals surface area (Å²) in [6, 6.07) is 19.0. The first kappa shape index (κ1) is 23.2. The molecule has 1 N–H and O–H groups in total. The van der Waals surface area contributed by atoms with Crippen LogP contribution in [0.3, 0.4) is 0 Å². The van der Waals surface area contributed by atoms with Gasteiger partial charge in [0, 0.05) is 25.8 Å². The van der Waals surface area contributed by atoms with Crippen LogP contribution in [0.4, 0.5) is 0 Å². The van der Waals surface area contributed by atoms with E-state index in [4.69, 9.17) is 17.7 Å². The minimum Gasteiger partial charge on any atom is -0.462 e. The molecule has 2 aromatic carbocycles. The molecule has 0 spiro atoms. The molecular weight excluding hydrogens is 404 g/mol. The van der Waals surface area contributed by atoms with Crippen LogP contribution in [-0.2, 0) is 22.5 Å². The highest BCUT2D eigenvalue weighted by Gasteiger charge is 2.51. The van der Waals surface area contributed by atoms with Gasteiger partial charge in [-0.15, -0.1) is 0 Å². The average molecular weight is 433 g/mol. The van der Waals surface area contributed by atoms with Crippen molar-refractivity contribution in [3.05, 3.63) is 72.8 Å². The molecule has 2 aromatic rings. The number of carbonyl (C=O) groups excluding carboxylic acids is 1. The number of ether oxygens (including phenoxy) is 1. The summed E-state index contributed by atoms with van der Waals surface area (Å²) in [5.74, 6) is -0.438. The molecule has 6 nitrogen and oxygen atoms in total. The van der Waals surface area contributed by atoms with E-state index < -0.39 is 23.3 Å². The Bertz CT molecular complexity index is 754. The minimum atomic E-state index is -3.59. The molecule has 0 fully saturated rings. The Hall–Kier alpha value is -2.08. The lowest BCUT2D eigenvalue weighted by Crippen LogP contribution is -2.67. The Balaban J connectivity index is 2.25. The van der Waals surface area contributed by atoms with E-state index in [1.165, 1.54) is 14.2 Å². The minimum absolute atomic E-state index is 0.188. The third-order valence-corrected chi connectivity index (χ3v) is 11.3. The van der Waals surface area contributed by atoms with Gasteiger partial charge in [0.25, 0.3) is 0 Å². The number of hydrogen-bond donors (Lipinski definition) is 1. The smallest absolute Gasteiger partial charge is 0.462 e. The van der Waals surface area contributed by atoms with Gasteiger partial charge in [-0.2, -0.15) is 0 Å². The molecular formula is C21H28O6Si2. The van der Waals surface area contributed by atoms with Gasteiger partial charge < -0.3 is 22.5 Å². The van der Waals surface area contributed by atoms with Crippen LogP contribution in [0, 0.1) is 0 Å². The number of benzene rings is 2. The second-order valence-electron chi connectivity index (χ2n) is 6.59. The maximum Gasteiger partial charge on any atom is 0.492 e. The van der Waals surface area contributed by atoms with Crippen molar-refractivity contribution in [2.75, 3.05) is 20.8 Å². The fourth-order valence-corrected chi connectivity index (χ4v) is 9.43. The van der Waals surface area contributed by atoms with Crippen molar-refractivity contribution in [2.45, 2.75) is 19.4 Å². The maximum absolute atomic E-state index is 11.8. The van der Waals surface area contributed by atoms with Crippen molar-refractivity contribution < 1.29 is 27.3 Å². The topological polar surface area (TPSA) is 74.2 Å². The van der Waals surface area contributed by atoms with Crippen LogP contribution in [-0.4, -0.2) is 49.0 Å². The van der Waals surface area contributed by atoms with E-state index >= 15 is 0 Å². The first-order valence-electron chi connectivity index (χ1n) is 9.33. The van der Waals surface area contributed by atoms with Gasteiger partial charge in [-0.25, -0.2) is 4.79 Å². The van der Waals surface area contributed by atoms with E-state index in [1.54, 1.807) is 6.92 Å². The Morgan fingerprint density at radius 3 is 1.86 bits per heavy atom. The lowest BCUT2D eigenvalue weighted by Gasteiger charge is -2.35. The van der Waals surface area contributed by atoms with Gasteiger partial charge in [0.1, 0.15) is 0 Å². The lowest BCUT2D eigenvalue weighted by atomic mass is 10.4. The fourth-order valence-electron chi connectivity index (χ4n) is 2.84. The van der Waals surface area contributed by atoms with Crippen molar-refractivity contribution in [1.82, 2.24) is 0 Å². The predicted octanol–water partition coefficient (Wildman–Crippen LogP) is 1.99. The maximum atomic E-state index is 11.8. The monoisotopic (exact) mass is 432 g/mol. The zero-order valence-electron chi connectivity index (χ0n) is 17.1. The molecule has 0 saturated heterocycles. The van der Waals surface area contributed by atoms with Crippen LogP contribution in [0.1, 0.15) is 13.3 Å². The molecule has 0 aromatic heterocycles. The van der Waals surface area contributed by atoms with Gasteiger partial charge in [-0.05, 0) is 23.7 Å². The Morgan fingerprint density at radius 1 is 0.966 bits per heavy atom. The summed E-state index contributed by atoms with van der Waals surface area (Å²) in [7, 11) is -3.81. The summed E-state index contributed by atoms with van der Waals surface area (Å²) in [4.78, 5) is 23.3. The summed E-state index contributed by atoms with van der Waals surface area (Å²) in [6.07, 6.45) is 0.473. The molecule has 0 atom stereocenters. The quantitative estimate of drug-likeness (QED) is 0.253. The molecule has 0 unspecified atom stereocenters. The second-order valence-corrected chi connectivity index (χ2v) is 12.5. The molecule has 0 aliphatic carbocycles.